The van der Waals surface area contributed by atoms with E-state index in [1.807, 2.05) is 0 Å². The highest BCUT2D eigenvalue weighted by Gasteiger charge is 2.00. The van der Waals surface area contributed by atoms with Gasteiger partial charge in [-0.15, -0.1) is 12.4 Å². The molecule has 0 fully saturated rings. The minimum Gasteiger partial charge on any atom is -0.464 e. The number of rotatable bonds is 13. The molecule has 0 unspecified atom stereocenters. The zero-order chi connectivity index (χ0) is 13.5. The monoisotopic (exact) mass is 299 g/mol. The quantitative estimate of drug-likeness (QED) is 0.399. The van der Waals surface area contributed by atoms with Gasteiger partial charge in [0.1, 0.15) is 6.61 Å². The Morgan fingerprint density at radius 2 is 1.53 bits per heavy atom. The first-order valence-electron chi connectivity index (χ1n) is 6.40. The van der Waals surface area contributed by atoms with Gasteiger partial charge in [0.05, 0.1) is 33.0 Å². The fourth-order valence-electron chi connectivity index (χ4n) is 1.15. The molecule has 0 aliphatic rings. The van der Waals surface area contributed by atoms with Gasteiger partial charge in [-0.1, -0.05) is 0 Å². The Labute approximate surface area is 121 Å². The first kappa shape index (κ1) is 20.9. The lowest BCUT2D eigenvalue weighted by atomic mass is 10.3. The van der Waals surface area contributed by atoms with Crippen LogP contribution in [0.2, 0.25) is 0 Å². The second kappa shape index (κ2) is 17.6. The molecule has 6 nitrogen and oxygen atoms in total. The number of nitrogens with two attached hydrogens (primary N) is 1. The molecule has 0 aromatic carbocycles. The van der Waals surface area contributed by atoms with Crippen LogP contribution in [0.15, 0.2) is 0 Å². The standard InChI is InChI=1S/C12H25NO5.ClH/c1-2-18-12(14)11-17-10-9-16-8-7-15-6-4-3-5-13;/h2-11,13H2,1H3;1H. The smallest absolute Gasteiger partial charge is 0.332 e. The molecule has 0 saturated heterocycles. The number of esters is 1. The first-order valence-corrected chi connectivity index (χ1v) is 6.40. The average molecular weight is 300 g/mol. The molecule has 0 bridgehead atoms. The van der Waals surface area contributed by atoms with E-state index in [2.05, 4.69) is 0 Å². The van der Waals surface area contributed by atoms with Crippen molar-refractivity contribution in [1.29, 1.82) is 0 Å². The van der Waals surface area contributed by atoms with Crippen molar-refractivity contribution in [2.75, 3.05) is 52.8 Å². The van der Waals surface area contributed by atoms with E-state index in [1.165, 1.54) is 0 Å². The highest BCUT2D eigenvalue weighted by Crippen LogP contribution is 1.88. The number of carbonyl (C=O) groups is 1. The van der Waals surface area contributed by atoms with Crippen molar-refractivity contribution in [2.45, 2.75) is 19.8 Å². The average Bonchev–Trinajstić information content (AvgIpc) is 2.36. The molecule has 116 valence electrons. The van der Waals surface area contributed by atoms with Gasteiger partial charge in [-0.05, 0) is 26.3 Å². The van der Waals surface area contributed by atoms with Crippen LogP contribution < -0.4 is 5.73 Å². The summed E-state index contributed by atoms with van der Waals surface area (Å²) in [7, 11) is 0. The molecule has 0 atom stereocenters. The highest BCUT2D eigenvalue weighted by molar-refractivity contribution is 5.85. The summed E-state index contributed by atoms with van der Waals surface area (Å²) in [4.78, 5) is 10.9. The molecule has 7 heteroatoms. The van der Waals surface area contributed by atoms with Crippen LogP contribution in [0.25, 0.3) is 0 Å². The molecule has 0 radical (unpaired) electrons. The van der Waals surface area contributed by atoms with Gasteiger partial charge >= 0.3 is 5.97 Å². The molecular weight excluding hydrogens is 274 g/mol. The molecule has 0 aliphatic heterocycles. The fraction of sp³-hybridized carbons (Fsp3) is 0.917. The van der Waals surface area contributed by atoms with Gasteiger partial charge in [0.15, 0.2) is 0 Å². The largest absolute Gasteiger partial charge is 0.464 e. The minimum atomic E-state index is -0.347. The zero-order valence-corrected chi connectivity index (χ0v) is 12.4. The molecule has 0 aromatic heterocycles. The summed E-state index contributed by atoms with van der Waals surface area (Å²) < 4.78 is 20.3. The molecule has 2 N–H and O–H groups in total. The molecule has 0 spiro atoms. The van der Waals surface area contributed by atoms with Crippen molar-refractivity contribution >= 4 is 18.4 Å². The van der Waals surface area contributed by atoms with Crippen LogP contribution in [-0.4, -0.2) is 58.8 Å². The summed E-state index contributed by atoms with van der Waals surface area (Å²) >= 11 is 0. The minimum absolute atomic E-state index is 0. The lowest BCUT2D eigenvalue weighted by Crippen LogP contribution is -2.16. The topological polar surface area (TPSA) is 80.0 Å². The summed E-state index contributed by atoms with van der Waals surface area (Å²) in [5, 5.41) is 0. The van der Waals surface area contributed by atoms with E-state index in [0.29, 0.717) is 39.6 Å². The van der Waals surface area contributed by atoms with E-state index < -0.39 is 0 Å². The van der Waals surface area contributed by atoms with E-state index >= 15 is 0 Å². The number of ether oxygens (including phenoxy) is 4. The predicted octanol–water partition coefficient (Wildman–Crippen LogP) is 0.760. The molecule has 0 rings (SSSR count). The van der Waals surface area contributed by atoms with Crippen molar-refractivity contribution in [3.05, 3.63) is 0 Å². The molecule has 0 amide bonds. The third-order valence-corrected chi connectivity index (χ3v) is 2.01. The van der Waals surface area contributed by atoms with Gasteiger partial charge in [0.25, 0.3) is 0 Å². The third-order valence-electron chi connectivity index (χ3n) is 2.01. The molecule has 0 aromatic rings. The third kappa shape index (κ3) is 17.6. The Morgan fingerprint density at radius 1 is 0.947 bits per heavy atom. The number of carbonyl (C=O) groups excluding carboxylic acids is 1. The second-order valence-corrected chi connectivity index (χ2v) is 3.58. The fourth-order valence-corrected chi connectivity index (χ4v) is 1.15. The zero-order valence-electron chi connectivity index (χ0n) is 11.6. The highest BCUT2D eigenvalue weighted by atomic mass is 35.5. The first-order chi connectivity index (χ1) is 8.81. The van der Waals surface area contributed by atoms with Gasteiger partial charge in [-0.2, -0.15) is 0 Å². The Balaban J connectivity index is 0. The molecule has 0 saturated carbocycles. The van der Waals surface area contributed by atoms with Crippen LogP contribution in [0.5, 0.6) is 0 Å². The molecule has 0 heterocycles. The number of hydrogen-bond donors (Lipinski definition) is 1. The van der Waals surface area contributed by atoms with Gasteiger partial charge in [0, 0.05) is 6.61 Å². The summed E-state index contributed by atoms with van der Waals surface area (Å²) in [5.74, 6) is -0.347. The van der Waals surface area contributed by atoms with Crippen molar-refractivity contribution in [2.24, 2.45) is 5.73 Å². The van der Waals surface area contributed by atoms with E-state index in [1.54, 1.807) is 6.92 Å². The number of halogens is 1. The van der Waals surface area contributed by atoms with Gasteiger partial charge in [0.2, 0.25) is 0 Å². The van der Waals surface area contributed by atoms with Crippen molar-refractivity contribution < 1.29 is 23.7 Å². The number of unbranched alkanes of at least 4 members (excludes halogenated alkanes) is 1. The van der Waals surface area contributed by atoms with Crippen LogP contribution >= 0.6 is 12.4 Å². The van der Waals surface area contributed by atoms with Crippen LogP contribution in [0.4, 0.5) is 0 Å². The summed E-state index contributed by atoms with van der Waals surface area (Å²) in [6.07, 6.45) is 1.97. The van der Waals surface area contributed by atoms with Gasteiger partial charge in [-0.25, -0.2) is 4.79 Å². The maximum Gasteiger partial charge on any atom is 0.332 e. The lowest BCUT2D eigenvalue weighted by molar-refractivity contribution is -0.148. The molecule has 19 heavy (non-hydrogen) atoms. The second-order valence-electron chi connectivity index (χ2n) is 3.58. The summed E-state index contributed by atoms with van der Waals surface area (Å²) in [6, 6.07) is 0. The van der Waals surface area contributed by atoms with Crippen LogP contribution in [0.1, 0.15) is 19.8 Å². The maximum absolute atomic E-state index is 10.9. The van der Waals surface area contributed by atoms with Crippen molar-refractivity contribution in [1.82, 2.24) is 0 Å². The summed E-state index contributed by atoms with van der Waals surface area (Å²) in [6.45, 7) is 5.48. The number of hydrogen-bond acceptors (Lipinski definition) is 6. The Morgan fingerprint density at radius 3 is 2.11 bits per heavy atom. The van der Waals surface area contributed by atoms with E-state index in [4.69, 9.17) is 24.7 Å². The molecular formula is C12H26ClNO5. The normalized spacial score (nSPS) is 10.0. The van der Waals surface area contributed by atoms with Gasteiger partial charge < -0.3 is 24.7 Å². The Kier molecular flexibility index (Phi) is 19.4. The van der Waals surface area contributed by atoms with Crippen LogP contribution in [0.3, 0.4) is 0 Å². The van der Waals surface area contributed by atoms with Crippen LogP contribution in [-0.2, 0) is 23.7 Å². The predicted molar refractivity (Wildman–Crippen MR) is 74.6 cm³/mol. The van der Waals surface area contributed by atoms with E-state index in [9.17, 15) is 4.79 Å². The SMILES string of the molecule is CCOC(=O)COCCOCCOCCCCN.Cl. The van der Waals surface area contributed by atoms with Gasteiger partial charge in [-0.3, -0.25) is 0 Å². The Hall–Kier alpha value is -0.400. The Bertz CT molecular complexity index is 195. The van der Waals surface area contributed by atoms with Crippen LogP contribution in [0, 0.1) is 0 Å². The van der Waals surface area contributed by atoms with E-state index in [-0.39, 0.29) is 25.0 Å². The van der Waals surface area contributed by atoms with E-state index in [0.717, 1.165) is 19.4 Å². The maximum atomic E-state index is 10.9. The molecule has 0 aliphatic carbocycles. The lowest BCUT2D eigenvalue weighted by Gasteiger charge is -2.06. The van der Waals surface area contributed by atoms with Crippen molar-refractivity contribution in [3.8, 4) is 0 Å². The van der Waals surface area contributed by atoms with Crippen molar-refractivity contribution in [3.63, 3.8) is 0 Å². The summed E-state index contributed by atoms with van der Waals surface area (Å²) in [5.41, 5.74) is 5.35.